The van der Waals surface area contributed by atoms with Crippen molar-refractivity contribution in [2.24, 2.45) is 0 Å². The fourth-order valence-electron chi connectivity index (χ4n) is 2.80. The van der Waals surface area contributed by atoms with Crippen LogP contribution in [0.4, 0.5) is 8.78 Å². The third-order valence-electron chi connectivity index (χ3n) is 4.17. The summed E-state index contributed by atoms with van der Waals surface area (Å²) >= 11 is 0. The lowest BCUT2D eigenvalue weighted by atomic mass is 10.0. The number of alkyl halides is 2. The molecule has 0 bridgehead atoms. The molecule has 1 N–H and O–H groups in total. The maximum atomic E-state index is 12.5. The quantitative estimate of drug-likeness (QED) is 0.766. The van der Waals surface area contributed by atoms with E-state index in [9.17, 15) is 13.6 Å². The largest absolute Gasteiger partial charge is 0.346 e. The molecule has 128 valence electrons. The highest BCUT2D eigenvalue weighted by molar-refractivity contribution is 6.09. The minimum Gasteiger partial charge on any atom is -0.346 e. The Hall–Kier alpha value is -2.83. The standard InChI is InChI=1S/C18H15F2N3O2/c19-14(20)9-21-17(24)12-8-13(10-6-7-10)22-18-15(12)16(23-25-18)11-4-2-1-3-5-11/h1-5,8,10,14H,6-7,9H2,(H,21,24). The average molecular weight is 343 g/mol. The fourth-order valence-corrected chi connectivity index (χ4v) is 2.80. The van der Waals surface area contributed by atoms with Gasteiger partial charge in [0.05, 0.1) is 17.5 Å². The maximum Gasteiger partial charge on any atom is 0.259 e. The lowest BCUT2D eigenvalue weighted by molar-refractivity contribution is 0.0893. The summed E-state index contributed by atoms with van der Waals surface area (Å²) in [6.45, 7) is -0.701. The third-order valence-corrected chi connectivity index (χ3v) is 4.17. The van der Waals surface area contributed by atoms with Gasteiger partial charge in [0.1, 0.15) is 5.69 Å². The van der Waals surface area contributed by atoms with Gasteiger partial charge in [0.15, 0.2) is 0 Å². The smallest absolute Gasteiger partial charge is 0.259 e. The molecule has 1 aliphatic carbocycles. The van der Waals surface area contributed by atoms with Crippen molar-refractivity contribution >= 4 is 17.0 Å². The van der Waals surface area contributed by atoms with Crippen molar-refractivity contribution in [1.82, 2.24) is 15.5 Å². The van der Waals surface area contributed by atoms with Gasteiger partial charge in [0.2, 0.25) is 0 Å². The fraction of sp³-hybridized carbons (Fsp3) is 0.278. The summed E-state index contributed by atoms with van der Waals surface area (Å²) in [5.74, 6) is -0.286. The molecule has 1 aliphatic rings. The number of halogens is 2. The second-order valence-corrected chi connectivity index (χ2v) is 6.05. The molecule has 1 fully saturated rings. The minimum atomic E-state index is -2.61. The molecule has 0 spiro atoms. The Morgan fingerprint density at radius 1 is 1.28 bits per heavy atom. The molecule has 0 aliphatic heterocycles. The zero-order valence-electron chi connectivity index (χ0n) is 13.2. The van der Waals surface area contributed by atoms with Gasteiger partial charge in [-0.2, -0.15) is 0 Å². The number of fused-ring (bicyclic) bond motifs is 1. The van der Waals surface area contributed by atoms with Crippen LogP contribution in [0.5, 0.6) is 0 Å². The first-order valence-corrected chi connectivity index (χ1v) is 8.05. The zero-order chi connectivity index (χ0) is 17.4. The van der Waals surface area contributed by atoms with Crippen molar-refractivity contribution in [3.63, 3.8) is 0 Å². The summed E-state index contributed by atoms with van der Waals surface area (Å²) in [4.78, 5) is 17.0. The maximum absolute atomic E-state index is 12.5. The number of nitrogens with one attached hydrogen (secondary N) is 1. The predicted molar refractivity (Wildman–Crippen MR) is 87.6 cm³/mol. The number of carbonyl (C=O) groups excluding carboxylic acids is 1. The molecule has 1 aromatic carbocycles. The highest BCUT2D eigenvalue weighted by Crippen LogP contribution is 2.41. The summed E-state index contributed by atoms with van der Waals surface area (Å²) in [5, 5.41) is 6.77. The molecule has 7 heteroatoms. The van der Waals surface area contributed by atoms with Crippen LogP contribution in [0.25, 0.3) is 22.4 Å². The van der Waals surface area contributed by atoms with Gasteiger partial charge in [-0.25, -0.2) is 13.8 Å². The summed E-state index contributed by atoms with van der Waals surface area (Å²) in [6, 6.07) is 10.9. The molecule has 0 atom stereocenters. The SMILES string of the molecule is O=C(NCC(F)F)c1cc(C2CC2)nc2onc(-c3ccccc3)c12. The Bertz CT molecular complexity index is 921. The van der Waals surface area contributed by atoms with E-state index < -0.39 is 18.9 Å². The van der Waals surface area contributed by atoms with E-state index in [1.54, 1.807) is 6.07 Å². The number of amides is 1. The second-order valence-electron chi connectivity index (χ2n) is 6.05. The number of rotatable bonds is 5. The summed E-state index contributed by atoms with van der Waals surface area (Å²) in [7, 11) is 0. The average Bonchev–Trinajstić information content (AvgIpc) is 3.39. The van der Waals surface area contributed by atoms with E-state index in [0.29, 0.717) is 11.1 Å². The van der Waals surface area contributed by atoms with Crippen LogP contribution in [-0.2, 0) is 0 Å². The van der Waals surface area contributed by atoms with Gasteiger partial charge in [0, 0.05) is 17.2 Å². The van der Waals surface area contributed by atoms with Crippen molar-refractivity contribution in [1.29, 1.82) is 0 Å². The Morgan fingerprint density at radius 3 is 2.72 bits per heavy atom. The van der Waals surface area contributed by atoms with Crippen molar-refractivity contribution in [3.05, 3.63) is 47.7 Å². The van der Waals surface area contributed by atoms with Crippen LogP contribution in [0.1, 0.15) is 34.8 Å². The lowest BCUT2D eigenvalue weighted by Gasteiger charge is -2.08. The number of carbonyl (C=O) groups is 1. The van der Waals surface area contributed by atoms with E-state index in [1.165, 1.54) is 0 Å². The van der Waals surface area contributed by atoms with Crippen LogP contribution >= 0.6 is 0 Å². The molecule has 1 amide bonds. The van der Waals surface area contributed by atoms with Gasteiger partial charge in [-0.3, -0.25) is 4.79 Å². The molecule has 0 unspecified atom stereocenters. The molecule has 4 rings (SSSR count). The summed E-state index contributed by atoms with van der Waals surface area (Å²) < 4.78 is 30.3. The Balaban J connectivity index is 1.84. The van der Waals surface area contributed by atoms with Crippen LogP contribution < -0.4 is 5.32 Å². The van der Waals surface area contributed by atoms with Crippen LogP contribution in [0, 0.1) is 0 Å². The van der Waals surface area contributed by atoms with Crippen LogP contribution in [0.15, 0.2) is 40.9 Å². The number of hydrogen-bond donors (Lipinski definition) is 1. The summed E-state index contributed by atoms with van der Waals surface area (Å²) in [5.41, 5.74) is 2.52. The topological polar surface area (TPSA) is 68.0 Å². The van der Waals surface area contributed by atoms with E-state index in [0.717, 1.165) is 24.1 Å². The van der Waals surface area contributed by atoms with E-state index in [-0.39, 0.29) is 17.2 Å². The minimum absolute atomic E-state index is 0.255. The van der Waals surface area contributed by atoms with Gasteiger partial charge in [-0.05, 0) is 18.9 Å². The second kappa shape index (κ2) is 6.23. The number of nitrogens with zero attached hydrogens (tertiary/aromatic N) is 2. The molecular formula is C18H15F2N3O2. The molecule has 0 radical (unpaired) electrons. The number of pyridine rings is 1. The van der Waals surface area contributed by atoms with Crippen LogP contribution in [0.2, 0.25) is 0 Å². The summed E-state index contributed by atoms with van der Waals surface area (Å²) in [6.07, 6.45) is -0.618. The van der Waals surface area contributed by atoms with Gasteiger partial charge in [-0.15, -0.1) is 0 Å². The van der Waals surface area contributed by atoms with E-state index in [2.05, 4.69) is 15.5 Å². The molecule has 1 saturated carbocycles. The first-order chi connectivity index (χ1) is 12.1. The lowest BCUT2D eigenvalue weighted by Crippen LogP contribution is -2.28. The highest BCUT2D eigenvalue weighted by Gasteiger charge is 2.29. The van der Waals surface area contributed by atoms with Crippen molar-refractivity contribution in [2.75, 3.05) is 6.54 Å². The third kappa shape index (κ3) is 3.09. The van der Waals surface area contributed by atoms with Crippen LogP contribution in [0.3, 0.4) is 0 Å². The van der Waals surface area contributed by atoms with Gasteiger partial charge < -0.3 is 9.84 Å². The van der Waals surface area contributed by atoms with Gasteiger partial charge in [0.25, 0.3) is 18.0 Å². The first kappa shape index (κ1) is 15.7. The molecule has 2 aromatic heterocycles. The van der Waals surface area contributed by atoms with E-state index in [4.69, 9.17) is 4.52 Å². The predicted octanol–water partition coefficient (Wildman–Crippen LogP) is 3.76. The Labute approximate surface area is 142 Å². The molecule has 5 nitrogen and oxygen atoms in total. The van der Waals surface area contributed by atoms with Crippen molar-refractivity contribution < 1.29 is 18.1 Å². The molecular weight excluding hydrogens is 328 g/mol. The van der Waals surface area contributed by atoms with Gasteiger partial charge in [-0.1, -0.05) is 35.5 Å². The van der Waals surface area contributed by atoms with Crippen molar-refractivity contribution in [2.45, 2.75) is 25.2 Å². The Morgan fingerprint density at radius 2 is 2.04 bits per heavy atom. The molecule has 2 heterocycles. The molecule has 25 heavy (non-hydrogen) atoms. The highest BCUT2D eigenvalue weighted by atomic mass is 19.3. The Kier molecular flexibility index (Phi) is 3.91. The van der Waals surface area contributed by atoms with Crippen LogP contribution in [-0.4, -0.2) is 29.0 Å². The molecule has 3 aromatic rings. The van der Waals surface area contributed by atoms with E-state index in [1.807, 2.05) is 30.3 Å². The van der Waals surface area contributed by atoms with Gasteiger partial charge >= 0.3 is 0 Å². The first-order valence-electron chi connectivity index (χ1n) is 8.05. The normalized spacial score (nSPS) is 14.2. The molecule has 0 saturated heterocycles. The number of aromatic nitrogens is 2. The van der Waals surface area contributed by atoms with Crippen molar-refractivity contribution in [3.8, 4) is 11.3 Å². The zero-order valence-corrected chi connectivity index (χ0v) is 13.2. The monoisotopic (exact) mass is 343 g/mol. The van der Waals surface area contributed by atoms with E-state index >= 15 is 0 Å². The number of benzene rings is 1. The number of hydrogen-bond acceptors (Lipinski definition) is 4.